The third-order valence-corrected chi connectivity index (χ3v) is 3.47. The van der Waals surface area contributed by atoms with Crippen LogP contribution in [0.2, 0.25) is 0 Å². The molecule has 3 rings (SSSR count). The van der Waals surface area contributed by atoms with Gasteiger partial charge in [0, 0.05) is 30.9 Å². The van der Waals surface area contributed by atoms with Gasteiger partial charge in [-0.25, -0.2) is 0 Å². The predicted octanol–water partition coefficient (Wildman–Crippen LogP) is 2.27. The molecule has 3 nitrogen and oxygen atoms in total. The van der Waals surface area contributed by atoms with Crippen LogP contribution in [-0.4, -0.2) is 18.1 Å². The number of benzene rings is 1. The molecule has 2 N–H and O–H groups in total. The molecule has 0 saturated heterocycles. The van der Waals surface area contributed by atoms with Gasteiger partial charge in [-0.2, -0.15) is 0 Å². The zero-order valence-electron chi connectivity index (χ0n) is 10.3. The van der Waals surface area contributed by atoms with E-state index in [1.165, 1.54) is 11.3 Å². The van der Waals surface area contributed by atoms with Gasteiger partial charge in [0.1, 0.15) is 0 Å². The Bertz CT molecular complexity index is 534. The molecule has 92 valence electrons. The minimum atomic E-state index is 0.727. The molecule has 1 aromatic heterocycles. The Morgan fingerprint density at radius 3 is 2.89 bits per heavy atom. The van der Waals surface area contributed by atoms with Crippen LogP contribution in [0.25, 0.3) is 0 Å². The average molecular weight is 239 g/mol. The van der Waals surface area contributed by atoms with Gasteiger partial charge in [-0.3, -0.25) is 4.98 Å². The van der Waals surface area contributed by atoms with Crippen LogP contribution in [0.4, 0.5) is 11.4 Å². The third-order valence-electron chi connectivity index (χ3n) is 3.47. The topological polar surface area (TPSA) is 42.1 Å². The number of nitrogens with two attached hydrogens (primary N) is 1. The predicted molar refractivity (Wildman–Crippen MR) is 74.7 cm³/mol. The lowest BCUT2D eigenvalue weighted by Crippen LogP contribution is -2.23. The van der Waals surface area contributed by atoms with E-state index in [0.29, 0.717) is 0 Å². The van der Waals surface area contributed by atoms with E-state index < -0.39 is 0 Å². The van der Waals surface area contributed by atoms with Crippen molar-refractivity contribution in [2.75, 3.05) is 23.7 Å². The van der Waals surface area contributed by atoms with Crippen molar-refractivity contribution in [2.24, 2.45) is 0 Å². The Morgan fingerprint density at radius 2 is 2.06 bits per heavy atom. The molecule has 0 aliphatic carbocycles. The molecule has 0 radical (unpaired) electrons. The molecular formula is C15H17N3. The van der Waals surface area contributed by atoms with Crippen LogP contribution in [0.15, 0.2) is 42.6 Å². The molecule has 0 unspecified atom stereocenters. The lowest BCUT2D eigenvalue weighted by molar-refractivity contribution is 0.799. The number of aromatic nitrogens is 1. The second-order valence-corrected chi connectivity index (χ2v) is 4.70. The molecule has 1 aliphatic heterocycles. The Morgan fingerprint density at radius 1 is 1.17 bits per heavy atom. The SMILES string of the molecule is Nc1ccc(CCN2CCc3ccccc32)nc1. The van der Waals surface area contributed by atoms with Crippen LogP contribution >= 0.6 is 0 Å². The molecule has 2 heterocycles. The standard InChI is InChI=1S/C15H17N3/c16-13-5-6-14(17-11-13)8-10-18-9-7-12-3-1-2-4-15(12)18/h1-6,11H,7-10,16H2. The molecule has 0 spiro atoms. The van der Waals surface area contributed by atoms with E-state index in [-0.39, 0.29) is 0 Å². The zero-order valence-corrected chi connectivity index (χ0v) is 10.3. The summed E-state index contributed by atoms with van der Waals surface area (Å²) in [6.07, 6.45) is 3.85. The molecule has 1 aliphatic rings. The van der Waals surface area contributed by atoms with E-state index in [1.807, 2.05) is 12.1 Å². The quantitative estimate of drug-likeness (QED) is 0.893. The van der Waals surface area contributed by atoms with Crippen molar-refractivity contribution in [3.63, 3.8) is 0 Å². The molecule has 18 heavy (non-hydrogen) atoms. The highest BCUT2D eigenvalue weighted by Crippen LogP contribution is 2.27. The van der Waals surface area contributed by atoms with Crippen molar-refractivity contribution in [2.45, 2.75) is 12.8 Å². The highest BCUT2D eigenvalue weighted by molar-refractivity contribution is 5.57. The minimum absolute atomic E-state index is 0.727. The summed E-state index contributed by atoms with van der Waals surface area (Å²) in [5.41, 5.74) is 10.3. The van der Waals surface area contributed by atoms with Gasteiger partial charge >= 0.3 is 0 Å². The Labute approximate surface area is 107 Å². The minimum Gasteiger partial charge on any atom is -0.397 e. The first-order valence-electron chi connectivity index (χ1n) is 6.36. The molecule has 0 saturated carbocycles. The van der Waals surface area contributed by atoms with Gasteiger partial charge in [-0.1, -0.05) is 18.2 Å². The van der Waals surface area contributed by atoms with Crippen LogP contribution in [-0.2, 0) is 12.8 Å². The number of fused-ring (bicyclic) bond motifs is 1. The smallest absolute Gasteiger partial charge is 0.0501 e. The van der Waals surface area contributed by atoms with Crippen molar-refractivity contribution < 1.29 is 0 Å². The molecule has 0 amide bonds. The van der Waals surface area contributed by atoms with Crippen LogP contribution in [0.3, 0.4) is 0 Å². The van der Waals surface area contributed by atoms with Gasteiger partial charge < -0.3 is 10.6 Å². The summed E-state index contributed by atoms with van der Waals surface area (Å²) < 4.78 is 0. The monoisotopic (exact) mass is 239 g/mol. The summed E-state index contributed by atoms with van der Waals surface area (Å²) in [6, 6.07) is 12.6. The van der Waals surface area contributed by atoms with Gasteiger partial charge in [0.25, 0.3) is 0 Å². The van der Waals surface area contributed by atoms with Crippen LogP contribution < -0.4 is 10.6 Å². The summed E-state index contributed by atoms with van der Waals surface area (Å²) in [7, 11) is 0. The molecule has 0 atom stereocenters. The van der Waals surface area contributed by atoms with Gasteiger partial charge in [-0.05, 0) is 30.2 Å². The summed E-state index contributed by atoms with van der Waals surface area (Å²) in [6.45, 7) is 2.14. The first kappa shape index (κ1) is 11.1. The van der Waals surface area contributed by atoms with E-state index in [1.54, 1.807) is 6.20 Å². The Kier molecular flexibility index (Phi) is 2.89. The van der Waals surface area contributed by atoms with Crippen molar-refractivity contribution in [3.05, 3.63) is 53.9 Å². The normalized spacial score (nSPS) is 13.7. The van der Waals surface area contributed by atoms with Crippen LogP contribution in [0.5, 0.6) is 0 Å². The van der Waals surface area contributed by atoms with Crippen LogP contribution in [0, 0.1) is 0 Å². The van der Waals surface area contributed by atoms with Crippen molar-refractivity contribution in [3.8, 4) is 0 Å². The maximum atomic E-state index is 5.64. The maximum absolute atomic E-state index is 5.64. The lowest BCUT2D eigenvalue weighted by Gasteiger charge is -2.18. The second kappa shape index (κ2) is 4.69. The van der Waals surface area contributed by atoms with Gasteiger partial charge in [0.05, 0.1) is 11.9 Å². The van der Waals surface area contributed by atoms with Gasteiger partial charge in [0.15, 0.2) is 0 Å². The second-order valence-electron chi connectivity index (χ2n) is 4.70. The fourth-order valence-electron chi connectivity index (χ4n) is 2.47. The first-order valence-corrected chi connectivity index (χ1v) is 6.36. The lowest BCUT2D eigenvalue weighted by atomic mass is 10.2. The molecule has 2 aromatic rings. The summed E-state index contributed by atoms with van der Waals surface area (Å²) in [5.74, 6) is 0. The molecule has 3 heteroatoms. The van der Waals surface area contributed by atoms with E-state index in [0.717, 1.165) is 37.3 Å². The number of hydrogen-bond donors (Lipinski definition) is 1. The number of pyridine rings is 1. The maximum Gasteiger partial charge on any atom is 0.0501 e. The largest absolute Gasteiger partial charge is 0.397 e. The fraction of sp³-hybridized carbons (Fsp3) is 0.267. The van der Waals surface area contributed by atoms with Crippen molar-refractivity contribution in [1.29, 1.82) is 0 Å². The molecule has 0 bridgehead atoms. The number of hydrogen-bond acceptors (Lipinski definition) is 3. The third kappa shape index (κ3) is 2.16. The number of rotatable bonds is 3. The first-order chi connectivity index (χ1) is 8.83. The Balaban J connectivity index is 1.67. The highest BCUT2D eigenvalue weighted by Gasteiger charge is 2.17. The molecule has 1 aromatic carbocycles. The fourth-order valence-corrected chi connectivity index (χ4v) is 2.47. The van der Waals surface area contributed by atoms with Gasteiger partial charge in [-0.15, -0.1) is 0 Å². The van der Waals surface area contributed by atoms with Crippen LogP contribution in [0.1, 0.15) is 11.3 Å². The number of nitrogens with zero attached hydrogens (tertiary/aromatic N) is 2. The van der Waals surface area contributed by atoms with E-state index in [2.05, 4.69) is 34.1 Å². The summed E-state index contributed by atoms with van der Waals surface area (Å²) in [5, 5.41) is 0. The van der Waals surface area contributed by atoms with E-state index in [4.69, 9.17) is 5.73 Å². The number of para-hydroxylation sites is 1. The molecular weight excluding hydrogens is 222 g/mol. The highest BCUT2D eigenvalue weighted by atomic mass is 15.1. The average Bonchev–Trinajstić information content (AvgIpc) is 2.82. The number of nitrogen functional groups attached to an aromatic ring is 1. The Hall–Kier alpha value is -2.03. The van der Waals surface area contributed by atoms with E-state index in [9.17, 15) is 0 Å². The van der Waals surface area contributed by atoms with Crippen molar-refractivity contribution in [1.82, 2.24) is 4.98 Å². The van der Waals surface area contributed by atoms with Gasteiger partial charge in [0.2, 0.25) is 0 Å². The summed E-state index contributed by atoms with van der Waals surface area (Å²) >= 11 is 0. The summed E-state index contributed by atoms with van der Waals surface area (Å²) in [4.78, 5) is 6.78. The number of anilines is 2. The van der Waals surface area contributed by atoms with E-state index >= 15 is 0 Å². The zero-order chi connectivity index (χ0) is 12.4. The molecule has 0 fully saturated rings. The van der Waals surface area contributed by atoms with Crippen molar-refractivity contribution >= 4 is 11.4 Å².